The number of carbonyl (C=O) groups is 3. The number of methoxy groups -OCH3 is 1. The lowest BCUT2D eigenvalue weighted by atomic mass is 10.1. The minimum atomic E-state index is -0.877. The maximum atomic E-state index is 12.9. The Bertz CT molecular complexity index is 1100. The summed E-state index contributed by atoms with van der Waals surface area (Å²) in [6, 6.07) is 7.84. The van der Waals surface area contributed by atoms with Crippen LogP contribution in [0.5, 0.6) is 17.2 Å². The number of phenolic OH excluding ortho intramolecular Hbond substituents is 1. The maximum absolute atomic E-state index is 12.9. The second-order valence-corrected chi connectivity index (χ2v) is 7.16. The first kappa shape index (κ1) is 21.2. The number of hydrogen-bond donors (Lipinski definition) is 2. The fraction of sp³-hybridized carbons (Fsp3) is 0.0952. The maximum Gasteiger partial charge on any atom is 0.335 e. The van der Waals surface area contributed by atoms with Gasteiger partial charge >= 0.3 is 6.03 Å². The van der Waals surface area contributed by atoms with Crippen LogP contribution in [0, 0.1) is 15.9 Å². The Morgan fingerprint density at radius 3 is 2.57 bits per heavy atom. The summed E-state index contributed by atoms with van der Waals surface area (Å²) in [5.41, 5.74) is 0.458. The Hall–Kier alpha value is -3.52. The van der Waals surface area contributed by atoms with Gasteiger partial charge in [0.05, 0.1) is 16.4 Å². The van der Waals surface area contributed by atoms with Gasteiger partial charge in [0.2, 0.25) is 0 Å². The van der Waals surface area contributed by atoms with Crippen molar-refractivity contribution >= 4 is 52.2 Å². The summed E-state index contributed by atoms with van der Waals surface area (Å²) in [4.78, 5) is 38.3. The lowest BCUT2D eigenvalue weighted by Gasteiger charge is -2.26. The Morgan fingerprint density at radius 2 is 1.93 bits per heavy atom. The van der Waals surface area contributed by atoms with Gasteiger partial charge < -0.3 is 14.6 Å². The molecular weight excluding hydrogens is 503 g/mol. The summed E-state index contributed by atoms with van der Waals surface area (Å²) in [6.07, 6.45) is 6.58. The van der Waals surface area contributed by atoms with Gasteiger partial charge in [0.1, 0.15) is 17.9 Å². The number of benzene rings is 2. The molecule has 0 unspecified atom stereocenters. The van der Waals surface area contributed by atoms with Gasteiger partial charge in [0.25, 0.3) is 11.8 Å². The molecule has 0 saturated carbocycles. The van der Waals surface area contributed by atoms with Crippen LogP contribution in [0.4, 0.5) is 10.5 Å². The molecule has 8 nitrogen and oxygen atoms in total. The second-order valence-electron chi connectivity index (χ2n) is 6.00. The number of phenols is 1. The van der Waals surface area contributed by atoms with Crippen LogP contribution in [0.2, 0.25) is 0 Å². The van der Waals surface area contributed by atoms with E-state index in [4.69, 9.17) is 15.9 Å². The van der Waals surface area contributed by atoms with Crippen LogP contribution in [-0.2, 0) is 9.59 Å². The van der Waals surface area contributed by atoms with Crippen LogP contribution < -0.4 is 19.7 Å². The first-order valence-corrected chi connectivity index (χ1v) is 9.58. The molecule has 1 aliphatic heterocycles. The molecule has 0 radical (unpaired) electrons. The Kier molecular flexibility index (Phi) is 6.27. The molecule has 3 rings (SSSR count). The van der Waals surface area contributed by atoms with E-state index in [1.165, 1.54) is 37.5 Å². The molecule has 2 aromatic rings. The number of carbonyl (C=O) groups excluding carboxylic acids is 3. The van der Waals surface area contributed by atoms with Crippen molar-refractivity contribution in [3.63, 3.8) is 0 Å². The molecule has 30 heavy (non-hydrogen) atoms. The average molecular weight is 518 g/mol. The Morgan fingerprint density at radius 1 is 1.23 bits per heavy atom. The van der Waals surface area contributed by atoms with E-state index in [0.29, 0.717) is 20.6 Å². The predicted octanol–water partition coefficient (Wildman–Crippen LogP) is 2.68. The number of halogens is 1. The molecule has 1 fully saturated rings. The van der Waals surface area contributed by atoms with E-state index in [9.17, 15) is 19.5 Å². The van der Waals surface area contributed by atoms with Crippen LogP contribution >= 0.6 is 22.6 Å². The summed E-state index contributed by atoms with van der Waals surface area (Å²) in [5, 5.41) is 11.6. The van der Waals surface area contributed by atoms with Crippen molar-refractivity contribution in [2.75, 3.05) is 18.6 Å². The average Bonchev–Trinajstić information content (AvgIpc) is 2.71. The molecule has 0 atom stereocenters. The third kappa shape index (κ3) is 4.23. The minimum Gasteiger partial charge on any atom is -0.508 e. The van der Waals surface area contributed by atoms with Crippen LogP contribution in [0.15, 0.2) is 42.0 Å². The van der Waals surface area contributed by atoms with Crippen LogP contribution in [0.1, 0.15) is 5.56 Å². The number of rotatable bonds is 5. The zero-order chi connectivity index (χ0) is 21.8. The molecule has 1 saturated heterocycles. The first-order valence-electron chi connectivity index (χ1n) is 8.50. The number of terminal acetylenes is 1. The van der Waals surface area contributed by atoms with E-state index in [-0.39, 0.29) is 23.6 Å². The standard InChI is InChI=1S/C21H15IN2O6/c1-3-8-30-18-16(22)10-12(11-17(18)29-2)9-15-19(26)23-21(28)24(20(15)27)13-4-6-14(25)7-5-13/h1,4-7,9-11,25H,8H2,2H3,(H,23,26,28)/b15-9+. The fourth-order valence-corrected chi connectivity index (χ4v) is 3.52. The highest BCUT2D eigenvalue weighted by Crippen LogP contribution is 2.35. The van der Waals surface area contributed by atoms with Gasteiger partial charge in [-0.3, -0.25) is 14.9 Å². The van der Waals surface area contributed by atoms with E-state index in [0.717, 1.165) is 4.90 Å². The summed E-state index contributed by atoms with van der Waals surface area (Å²) in [5.74, 6) is 1.55. The van der Waals surface area contributed by atoms with Crippen molar-refractivity contribution in [1.82, 2.24) is 5.32 Å². The Labute approximate surface area is 185 Å². The number of barbiturate groups is 1. The highest BCUT2D eigenvalue weighted by Gasteiger charge is 2.36. The quantitative estimate of drug-likeness (QED) is 0.273. The van der Waals surface area contributed by atoms with E-state index in [1.807, 2.05) is 22.6 Å². The monoisotopic (exact) mass is 518 g/mol. The van der Waals surface area contributed by atoms with Crippen molar-refractivity contribution in [2.45, 2.75) is 0 Å². The molecule has 0 aliphatic carbocycles. The van der Waals surface area contributed by atoms with Gasteiger partial charge in [-0.2, -0.15) is 0 Å². The number of imide groups is 2. The third-order valence-electron chi connectivity index (χ3n) is 4.07. The molecule has 9 heteroatoms. The molecular formula is C21H15IN2O6. The summed E-state index contributed by atoms with van der Waals surface area (Å²) >= 11 is 2.02. The zero-order valence-electron chi connectivity index (χ0n) is 15.6. The lowest BCUT2D eigenvalue weighted by molar-refractivity contribution is -0.122. The van der Waals surface area contributed by atoms with Gasteiger partial charge in [0, 0.05) is 0 Å². The number of urea groups is 1. The van der Waals surface area contributed by atoms with Gasteiger partial charge in [-0.25, -0.2) is 9.69 Å². The zero-order valence-corrected chi connectivity index (χ0v) is 17.8. The third-order valence-corrected chi connectivity index (χ3v) is 4.87. The topological polar surface area (TPSA) is 105 Å². The SMILES string of the molecule is C#CCOc1c(I)cc(/C=C2\C(=O)NC(=O)N(c3ccc(O)cc3)C2=O)cc1OC. The van der Waals surface area contributed by atoms with E-state index >= 15 is 0 Å². The molecule has 2 N–H and O–H groups in total. The van der Waals surface area contributed by atoms with Crippen LogP contribution in [0.3, 0.4) is 0 Å². The molecule has 0 aromatic heterocycles. The van der Waals surface area contributed by atoms with Gasteiger partial charge in [-0.05, 0) is 70.6 Å². The highest BCUT2D eigenvalue weighted by molar-refractivity contribution is 14.1. The van der Waals surface area contributed by atoms with Crippen molar-refractivity contribution < 1.29 is 29.0 Å². The summed E-state index contributed by atoms with van der Waals surface area (Å²) < 4.78 is 11.5. The van der Waals surface area contributed by atoms with Crippen LogP contribution in [0.25, 0.3) is 6.08 Å². The molecule has 152 valence electrons. The number of ether oxygens (including phenoxy) is 2. The summed E-state index contributed by atoms with van der Waals surface area (Å²) in [7, 11) is 1.45. The van der Waals surface area contributed by atoms with E-state index < -0.39 is 17.8 Å². The minimum absolute atomic E-state index is 0.0238. The van der Waals surface area contributed by atoms with Crippen LogP contribution in [-0.4, -0.2) is 36.7 Å². The molecule has 4 amide bonds. The largest absolute Gasteiger partial charge is 0.508 e. The first-order chi connectivity index (χ1) is 14.3. The molecule has 1 aliphatic rings. The smallest absolute Gasteiger partial charge is 0.335 e. The van der Waals surface area contributed by atoms with E-state index in [2.05, 4.69) is 11.2 Å². The van der Waals surface area contributed by atoms with Gasteiger partial charge in [-0.1, -0.05) is 5.92 Å². The van der Waals surface area contributed by atoms with Crippen molar-refractivity contribution in [3.8, 4) is 29.6 Å². The highest BCUT2D eigenvalue weighted by atomic mass is 127. The van der Waals surface area contributed by atoms with Crippen molar-refractivity contribution in [1.29, 1.82) is 0 Å². The van der Waals surface area contributed by atoms with Gasteiger partial charge in [0.15, 0.2) is 11.5 Å². The molecule has 0 bridgehead atoms. The second kappa shape index (κ2) is 8.87. The molecule has 1 heterocycles. The number of anilines is 1. The Balaban J connectivity index is 2.01. The normalized spacial score (nSPS) is 15.0. The molecule has 2 aromatic carbocycles. The number of hydrogen-bond acceptors (Lipinski definition) is 6. The van der Waals surface area contributed by atoms with E-state index in [1.54, 1.807) is 12.1 Å². The fourth-order valence-electron chi connectivity index (χ4n) is 2.74. The number of amides is 4. The number of aromatic hydroxyl groups is 1. The van der Waals surface area contributed by atoms with Gasteiger partial charge in [-0.15, -0.1) is 6.42 Å². The lowest BCUT2D eigenvalue weighted by Crippen LogP contribution is -2.54. The van der Waals surface area contributed by atoms with Crippen molar-refractivity contribution in [2.24, 2.45) is 0 Å². The molecule has 0 spiro atoms. The predicted molar refractivity (Wildman–Crippen MR) is 117 cm³/mol. The summed E-state index contributed by atoms with van der Waals surface area (Å²) in [6.45, 7) is 0.0530. The number of nitrogens with one attached hydrogen (secondary N) is 1. The van der Waals surface area contributed by atoms with Crippen molar-refractivity contribution in [3.05, 3.63) is 51.1 Å². The number of nitrogens with zero attached hydrogens (tertiary/aromatic N) is 1.